The number of alkyl carbamates (subject to hydrolysis) is 1. The van der Waals surface area contributed by atoms with Gasteiger partial charge >= 0.3 is 12.1 Å². The van der Waals surface area contributed by atoms with E-state index in [1.165, 1.54) is 18.9 Å². The number of hydrogen-bond acceptors (Lipinski definition) is 13. The molecule has 1 saturated heterocycles. The lowest BCUT2D eigenvalue weighted by Gasteiger charge is -2.21. The number of amides is 1. The average Bonchev–Trinajstić information content (AvgIpc) is 3.99. The number of aromatic nitrogens is 2. The van der Waals surface area contributed by atoms with E-state index in [0.29, 0.717) is 17.5 Å². The Hall–Kier alpha value is -3.46. The van der Waals surface area contributed by atoms with Gasteiger partial charge in [-0.2, -0.15) is 0 Å². The molecule has 1 fully saturated rings. The van der Waals surface area contributed by atoms with Gasteiger partial charge in [-0.1, -0.05) is 46.9 Å². The van der Waals surface area contributed by atoms with Crippen molar-refractivity contribution in [2.45, 2.75) is 129 Å². The van der Waals surface area contributed by atoms with Gasteiger partial charge in [-0.3, -0.25) is 10.6 Å². The van der Waals surface area contributed by atoms with E-state index in [1.54, 1.807) is 105 Å². The van der Waals surface area contributed by atoms with E-state index in [-0.39, 0.29) is 36.9 Å². The van der Waals surface area contributed by atoms with Crippen LogP contribution in [0.2, 0.25) is 0 Å². The first kappa shape index (κ1) is 51.9. The standard InChI is InChI=1S/C21H27FN2O3S.C13H15FN2S.C6H13IN2O2.C4H8O/c1-14-24-17(13-28-14)9-6-15-5-7-16(19(22)11-15)8-10-18(25)12-23-20(26)27-21(2,3)4;1-9-16-12(8-17-9)5-3-10-2-4-11(7-15)13(14)6-10;1-6(2,3)11-5(10)4(7)9-8;1-2-4-5-3-1/h5,7,11,13H,6,8-10,12H2,1-4H3,(H,23,26);2,4,6,8H,3,5,7,15H2,1H3;4,9H,8H2,1-3H3;1-4H2/i;;4D;. The lowest BCUT2D eigenvalue weighted by molar-refractivity contribution is -0.154. The SMILES string of the molecule is C1CCOC1.Cc1nc(CCc2ccc(CCC(=O)CNC(=O)OC(C)(C)C)c(F)c2)cs1.Cc1nc(CCc2ccc(CN)c(F)c2)cs1.[2H]C(I)(NN)C(=O)OC(C)(C)C. The van der Waals surface area contributed by atoms with Crippen LogP contribution in [0.4, 0.5) is 13.6 Å². The number of nitrogens with zero attached hydrogens (tertiary/aromatic N) is 2. The molecule has 1 unspecified atom stereocenters. The molecule has 4 aromatic rings. The molecule has 17 heteroatoms. The fraction of sp³-hybridized carbons (Fsp3) is 0.523. The van der Waals surface area contributed by atoms with Crippen LogP contribution in [-0.2, 0) is 62.4 Å². The molecule has 0 radical (unpaired) electrons. The lowest BCUT2D eigenvalue weighted by Crippen LogP contribution is -2.40. The van der Waals surface area contributed by atoms with E-state index < -0.39 is 27.3 Å². The molecule has 0 saturated carbocycles. The lowest BCUT2D eigenvalue weighted by atomic mass is 10.0. The van der Waals surface area contributed by atoms with Crippen molar-refractivity contribution < 1.29 is 38.7 Å². The number of aryl methyl sites for hydroxylation is 7. The van der Waals surface area contributed by atoms with Crippen molar-refractivity contribution in [2.24, 2.45) is 11.6 Å². The molecule has 1 aliphatic heterocycles. The highest BCUT2D eigenvalue weighted by Gasteiger charge is 2.21. The Morgan fingerprint density at radius 3 is 1.70 bits per heavy atom. The average molecular weight is 1000 g/mol. The monoisotopic (exact) mass is 1000 g/mol. The van der Waals surface area contributed by atoms with E-state index >= 15 is 0 Å². The molecular formula is C44H63F2IN6O6S2. The summed E-state index contributed by atoms with van der Waals surface area (Å²) in [6.45, 7) is 16.5. The summed E-state index contributed by atoms with van der Waals surface area (Å²) in [4.78, 5) is 43.4. The van der Waals surface area contributed by atoms with Crippen molar-refractivity contribution in [3.63, 3.8) is 0 Å². The van der Waals surface area contributed by atoms with Gasteiger partial charge in [0, 0.05) is 42.5 Å². The molecule has 5 rings (SSSR count). The molecule has 338 valence electrons. The summed E-state index contributed by atoms with van der Waals surface area (Å²) >= 11 is 4.82. The van der Waals surface area contributed by atoms with Crippen LogP contribution in [0.15, 0.2) is 47.2 Å². The maximum atomic E-state index is 14.3. The third-order valence-electron chi connectivity index (χ3n) is 8.16. The Morgan fingerprint density at radius 2 is 1.33 bits per heavy atom. The van der Waals surface area contributed by atoms with Crippen molar-refractivity contribution in [3.05, 3.63) is 102 Å². The highest BCUT2D eigenvalue weighted by atomic mass is 127. The van der Waals surface area contributed by atoms with Gasteiger partial charge in [0.1, 0.15) is 22.8 Å². The molecule has 61 heavy (non-hydrogen) atoms. The minimum Gasteiger partial charge on any atom is -0.458 e. The molecule has 1 amide bonds. The van der Waals surface area contributed by atoms with Crippen molar-refractivity contribution in [1.29, 1.82) is 0 Å². The third kappa shape index (κ3) is 24.1. The minimum absolute atomic E-state index is 0.123. The number of esters is 1. The van der Waals surface area contributed by atoms with Crippen LogP contribution in [0.25, 0.3) is 0 Å². The van der Waals surface area contributed by atoms with Gasteiger partial charge in [0.2, 0.25) is 0 Å². The number of nitrogens with two attached hydrogens (primary N) is 2. The zero-order valence-electron chi connectivity index (χ0n) is 37.6. The first-order valence-corrected chi connectivity index (χ1v) is 22.9. The number of benzene rings is 2. The van der Waals surface area contributed by atoms with Crippen molar-refractivity contribution in [2.75, 3.05) is 19.8 Å². The molecule has 1 aliphatic rings. The molecule has 1 atom stereocenters. The Morgan fingerprint density at radius 1 is 0.836 bits per heavy atom. The second-order valence-corrected chi connectivity index (χ2v) is 19.1. The number of thiazole rings is 2. The number of alkyl halides is 1. The highest BCUT2D eigenvalue weighted by Crippen LogP contribution is 2.17. The predicted molar refractivity (Wildman–Crippen MR) is 248 cm³/mol. The number of ether oxygens (including phenoxy) is 3. The van der Waals surface area contributed by atoms with Gasteiger partial charge in [-0.15, -0.1) is 22.7 Å². The molecule has 6 N–H and O–H groups in total. The van der Waals surface area contributed by atoms with Gasteiger partial charge in [-0.25, -0.2) is 33.8 Å². The highest BCUT2D eigenvalue weighted by molar-refractivity contribution is 14.1. The molecule has 0 spiro atoms. The zero-order chi connectivity index (χ0) is 46.5. The van der Waals surface area contributed by atoms with Crippen LogP contribution < -0.4 is 22.3 Å². The maximum absolute atomic E-state index is 14.3. The van der Waals surface area contributed by atoms with Gasteiger partial charge in [0.25, 0.3) is 0 Å². The molecule has 0 bridgehead atoms. The Balaban J connectivity index is 0.000000328. The van der Waals surface area contributed by atoms with E-state index in [1.807, 2.05) is 36.8 Å². The molecule has 3 heterocycles. The Kier molecular flexibility index (Phi) is 23.4. The first-order chi connectivity index (χ1) is 29.0. The van der Waals surface area contributed by atoms with Gasteiger partial charge in [0.05, 0.1) is 29.3 Å². The van der Waals surface area contributed by atoms with Gasteiger partial charge < -0.3 is 25.3 Å². The summed E-state index contributed by atoms with van der Waals surface area (Å²) in [7, 11) is 0. The maximum Gasteiger partial charge on any atom is 0.408 e. The Labute approximate surface area is 382 Å². The quantitative estimate of drug-likeness (QED) is 0.0237. The number of rotatable bonds is 14. The molecule has 0 aliphatic carbocycles. The number of Topliss-reactive ketones (excluding diaryl/α,β-unsaturated/α-hetero) is 1. The fourth-order valence-electron chi connectivity index (χ4n) is 5.19. The van der Waals surface area contributed by atoms with E-state index in [2.05, 4.69) is 20.7 Å². The number of halogens is 3. The van der Waals surface area contributed by atoms with E-state index in [9.17, 15) is 23.2 Å². The fourth-order valence-corrected chi connectivity index (χ4v) is 6.60. The first-order valence-electron chi connectivity index (χ1n) is 20.5. The molecular weight excluding hydrogens is 938 g/mol. The minimum atomic E-state index is -1.61. The van der Waals surface area contributed by atoms with Crippen LogP contribution >= 0.6 is 45.3 Å². The van der Waals surface area contributed by atoms with Crippen LogP contribution in [-0.4, -0.2) is 62.8 Å². The van der Waals surface area contributed by atoms with Gasteiger partial charge in [-0.05, 0) is 129 Å². The van der Waals surface area contributed by atoms with Crippen LogP contribution in [0.1, 0.15) is 106 Å². The topological polar surface area (TPSA) is 181 Å². The van der Waals surface area contributed by atoms with Crippen molar-refractivity contribution in [3.8, 4) is 0 Å². The smallest absolute Gasteiger partial charge is 0.408 e. The summed E-state index contributed by atoms with van der Waals surface area (Å²) in [5, 5.41) is 8.61. The summed E-state index contributed by atoms with van der Waals surface area (Å²) in [6.07, 6.45) is 5.54. The summed E-state index contributed by atoms with van der Waals surface area (Å²) in [6, 6.07) is 10.4. The number of carbonyl (C=O) groups excluding carboxylic acids is 3. The predicted octanol–water partition coefficient (Wildman–Crippen LogP) is 8.59. The van der Waals surface area contributed by atoms with E-state index in [4.69, 9.17) is 27.2 Å². The summed E-state index contributed by atoms with van der Waals surface area (Å²) < 4.78 is 48.5. The van der Waals surface area contributed by atoms with Crippen molar-refractivity contribution >= 4 is 63.1 Å². The van der Waals surface area contributed by atoms with Crippen LogP contribution in [0.3, 0.4) is 0 Å². The number of nitrogens with one attached hydrogen (secondary N) is 2. The molecule has 12 nitrogen and oxygen atoms in total. The Bertz CT molecular complexity index is 1990. The number of ketones is 1. The van der Waals surface area contributed by atoms with Gasteiger partial charge in [0.15, 0.2) is 9.81 Å². The normalized spacial score (nSPS) is 13.5. The van der Waals surface area contributed by atoms with Crippen LogP contribution in [0, 0.1) is 25.5 Å². The summed E-state index contributed by atoms with van der Waals surface area (Å²) in [5.74, 6) is 3.60. The van der Waals surface area contributed by atoms with Crippen molar-refractivity contribution in [1.82, 2.24) is 20.7 Å². The number of carbonyl (C=O) groups is 3. The zero-order valence-corrected chi connectivity index (χ0v) is 40.3. The van der Waals surface area contributed by atoms with Crippen LogP contribution in [0.5, 0.6) is 0 Å². The second kappa shape index (κ2) is 27.6. The number of hydrazine groups is 1. The largest absolute Gasteiger partial charge is 0.458 e. The van der Waals surface area contributed by atoms with E-state index in [0.717, 1.165) is 71.4 Å². The molecule has 2 aromatic heterocycles. The second-order valence-electron chi connectivity index (χ2n) is 15.9. The summed E-state index contributed by atoms with van der Waals surface area (Å²) in [5.41, 5.74) is 11.3. The third-order valence-corrected chi connectivity index (χ3v) is 10.6. The number of hydrogen-bond donors (Lipinski definition) is 4. The molecule has 2 aromatic carbocycles.